The van der Waals surface area contributed by atoms with Crippen molar-refractivity contribution < 1.29 is 0 Å². The predicted octanol–water partition coefficient (Wildman–Crippen LogP) is 4.51. The molecule has 2 unspecified atom stereocenters. The summed E-state index contributed by atoms with van der Waals surface area (Å²) in [5.74, 6) is 0.879. The molecular formula is C19H32N2. The Hall–Kier alpha value is -1.02. The van der Waals surface area contributed by atoms with Gasteiger partial charge in [0.15, 0.2) is 0 Å². The fourth-order valence-electron chi connectivity index (χ4n) is 3.58. The molecule has 2 rings (SSSR count). The lowest BCUT2D eigenvalue weighted by Gasteiger charge is -2.36. The van der Waals surface area contributed by atoms with Crippen LogP contribution in [0.3, 0.4) is 0 Å². The summed E-state index contributed by atoms with van der Waals surface area (Å²) in [4.78, 5) is 2.52. The summed E-state index contributed by atoms with van der Waals surface area (Å²) in [5, 5.41) is 3.48. The van der Waals surface area contributed by atoms with E-state index in [4.69, 9.17) is 0 Å². The quantitative estimate of drug-likeness (QED) is 0.775. The first-order chi connectivity index (χ1) is 10.1. The van der Waals surface area contributed by atoms with E-state index in [2.05, 4.69) is 56.2 Å². The van der Waals surface area contributed by atoms with Gasteiger partial charge in [0.05, 0.1) is 0 Å². The summed E-state index contributed by atoms with van der Waals surface area (Å²) >= 11 is 0. The molecule has 1 aliphatic carbocycles. The first-order valence-electron chi connectivity index (χ1n) is 8.65. The highest BCUT2D eigenvalue weighted by molar-refractivity contribution is 5.54. The van der Waals surface area contributed by atoms with E-state index in [1.54, 1.807) is 0 Å². The van der Waals surface area contributed by atoms with Crippen molar-refractivity contribution in [3.8, 4) is 0 Å². The lowest BCUT2D eigenvalue weighted by molar-refractivity contribution is 0.336. The average Bonchev–Trinajstić information content (AvgIpc) is 2.47. The van der Waals surface area contributed by atoms with Gasteiger partial charge in [0.25, 0.3) is 0 Å². The Morgan fingerprint density at radius 3 is 2.76 bits per heavy atom. The normalized spacial score (nSPS) is 22.3. The second-order valence-corrected chi connectivity index (χ2v) is 6.83. The molecule has 21 heavy (non-hydrogen) atoms. The number of nitrogens with zero attached hydrogens (tertiary/aromatic N) is 1. The number of hydrogen-bond donors (Lipinski definition) is 1. The molecule has 0 bridgehead atoms. The summed E-state index contributed by atoms with van der Waals surface area (Å²) in [7, 11) is 2.28. The Morgan fingerprint density at radius 1 is 1.29 bits per heavy atom. The molecule has 0 aliphatic heterocycles. The Bertz CT molecular complexity index is 441. The van der Waals surface area contributed by atoms with E-state index < -0.39 is 0 Å². The Morgan fingerprint density at radius 2 is 2.10 bits per heavy atom. The van der Waals surface area contributed by atoms with E-state index in [1.807, 2.05) is 0 Å². The number of nitrogens with one attached hydrogen (secondary N) is 1. The lowest BCUT2D eigenvalue weighted by atomic mass is 9.86. The largest absolute Gasteiger partial charge is 0.371 e. The molecule has 0 amide bonds. The van der Waals surface area contributed by atoms with Crippen LogP contribution in [0.2, 0.25) is 0 Å². The standard InChI is InChI=1S/C19H32N2/c1-5-11-20-14-17-9-10-19(16(3)13-17)21(4)18-8-6-7-15(2)12-18/h9-10,13,15,18,20H,5-8,11-12,14H2,1-4H3. The molecule has 0 spiro atoms. The second kappa shape index (κ2) is 7.84. The highest BCUT2D eigenvalue weighted by Gasteiger charge is 2.23. The molecule has 1 aromatic rings. The molecule has 2 atom stereocenters. The number of aryl methyl sites for hydroxylation is 1. The molecule has 0 radical (unpaired) electrons. The zero-order chi connectivity index (χ0) is 15.2. The zero-order valence-electron chi connectivity index (χ0n) is 14.3. The summed E-state index contributed by atoms with van der Waals surface area (Å²) in [6.45, 7) is 8.94. The van der Waals surface area contributed by atoms with Crippen molar-refractivity contribution in [3.05, 3.63) is 29.3 Å². The minimum atomic E-state index is 0.719. The zero-order valence-corrected chi connectivity index (χ0v) is 14.3. The van der Waals surface area contributed by atoms with E-state index in [0.29, 0.717) is 0 Å². The molecule has 1 aliphatic rings. The van der Waals surface area contributed by atoms with Gasteiger partial charge in [0.2, 0.25) is 0 Å². The fourth-order valence-corrected chi connectivity index (χ4v) is 3.58. The van der Waals surface area contributed by atoms with Gasteiger partial charge in [0.1, 0.15) is 0 Å². The maximum atomic E-state index is 3.48. The van der Waals surface area contributed by atoms with Crippen molar-refractivity contribution in [3.63, 3.8) is 0 Å². The van der Waals surface area contributed by atoms with E-state index in [0.717, 1.165) is 25.0 Å². The minimum Gasteiger partial charge on any atom is -0.371 e. The van der Waals surface area contributed by atoms with Gasteiger partial charge in [-0.1, -0.05) is 38.8 Å². The molecule has 118 valence electrons. The van der Waals surface area contributed by atoms with E-state index in [-0.39, 0.29) is 0 Å². The van der Waals surface area contributed by atoms with Crippen molar-refractivity contribution in [2.75, 3.05) is 18.5 Å². The van der Waals surface area contributed by atoms with E-state index in [1.165, 1.54) is 48.9 Å². The minimum absolute atomic E-state index is 0.719. The molecule has 0 heterocycles. The molecule has 1 fully saturated rings. The van der Waals surface area contributed by atoms with Crippen molar-refractivity contribution in [1.82, 2.24) is 5.32 Å². The monoisotopic (exact) mass is 288 g/mol. The van der Waals surface area contributed by atoms with Crippen molar-refractivity contribution in [2.24, 2.45) is 5.92 Å². The number of anilines is 1. The van der Waals surface area contributed by atoms with Crippen molar-refractivity contribution in [2.45, 2.75) is 65.5 Å². The third-order valence-corrected chi connectivity index (χ3v) is 4.85. The van der Waals surface area contributed by atoms with Crippen LogP contribution in [0.5, 0.6) is 0 Å². The maximum absolute atomic E-state index is 3.48. The van der Waals surface area contributed by atoms with Crippen LogP contribution in [0.25, 0.3) is 0 Å². The number of rotatable bonds is 6. The summed E-state index contributed by atoms with van der Waals surface area (Å²) in [5.41, 5.74) is 4.22. The number of hydrogen-bond acceptors (Lipinski definition) is 2. The molecule has 1 aromatic carbocycles. The van der Waals surface area contributed by atoms with Crippen LogP contribution in [-0.2, 0) is 6.54 Å². The van der Waals surface area contributed by atoms with Gasteiger partial charge in [-0.2, -0.15) is 0 Å². The molecule has 0 saturated heterocycles. The van der Waals surface area contributed by atoms with Crippen LogP contribution in [0.1, 0.15) is 57.1 Å². The van der Waals surface area contributed by atoms with Crippen LogP contribution in [0.4, 0.5) is 5.69 Å². The van der Waals surface area contributed by atoms with Crippen LogP contribution in [0.15, 0.2) is 18.2 Å². The first kappa shape index (κ1) is 16.4. The predicted molar refractivity (Wildman–Crippen MR) is 93.0 cm³/mol. The summed E-state index contributed by atoms with van der Waals surface area (Å²) in [6, 6.07) is 7.67. The van der Waals surface area contributed by atoms with Crippen molar-refractivity contribution in [1.29, 1.82) is 0 Å². The van der Waals surface area contributed by atoms with Crippen LogP contribution < -0.4 is 10.2 Å². The third-order valence-electron chi connectivity index (χ3n) is 4.85. The van der Waals surface area contributed by atoms with Crippen molar-refractivity contribution >= 4 is 5.69 Å². The summed E-state index contributed by atoms with van der Waals surface area (Å²) < 4.78 is 0. The Balaban J connectivity index is 2.02. The SMILES string of the molecule is CCCNCc1ccc(N(C)C2CCCC(C)C2)c(C)c1. The molecular weight excluding hydrogens is 256 g/mol. The Labute approximate surface area is 130 Å². The molecule has 2 heteroatoms. The first-order valence-corrected chi connectivity index (χ1v) is 8.65. The topological polar surface area (TPSA) is 15.3 Å². The van der Waals surface area contributed by atoms with Gasteiger partial charge in [0, 0.05) is 25.3 Å². The van der Waals surface area contributed by atoms with Crippen LogP contribution in [0, 0.1) is 12.8 Å². The highest BCUT2D eigenvalue weighted by atomic mass is 15.1. The third kappa shape index (κ3) is 4.47. The van der Waals surface area contributed by atoms with Gasteiger partial charge in [-0.25, -0.2) is 0 Å². The van der Waals surface area contributed by atoms with E-state index in [9.17, 15) is 0 Å². The lowest BCUT2D eigenvalue weighted by Crippen LogP contribution is -2.36. The van der Waals surface area contributed by atoms with E-state index >= 15 is 0 Å². The number of benzene rings is 1. The smallest absolute Gasteiger partial charge is 0.0396 e. The van der Waals surface area contributed by atoms with Gasteiger partial charge in [-0.05, 0) is 55.8 Å². The molecule has 1 saturated carbocycles. The van der Waals surface area contributed by atoms with Gasteiger partial charge < -0.3 is 10.2 Å². The maximum Gasteiger partial charge on any atom is 0.0396 e. The Kier molecular flexibility index (Phi) is 6.10. The second-order valence-electron chi connectivity index (χ2n) is 6.83. The molecule has 0 aromatic heterocycles. The van der Waals surface area contributed by atoms with Crippen LogP contribution >= 0.6 is 0 Å². The molecule has 1 N–H and O–H groups in total. The highest BCUT2D eigenvalue weighted by Crippen LogP contribution is 2.31. The molecule has 2 nitrogen and oxygen atoms in total. The summed E-state index contributed by atoms with van der Waals surface area (Å²) in [6.07, 6.45) is 6.68. The van der Waals surface area contributed by atoms with Crippen LogP contribution in [-0.4, -0.2) is 19.6 Å². The fraction of sp³-hybridized carbons (Fsp3) is 0.684. The van der Waals surface area contributed by atoms with Gasteiger partial charge >= 0.3 is 0 Å². The van der Waals surface area contributed by atoms with Gasteiger partial charge in [-0.3, -0.25) is 0 Å². The van der Waals surface area contributed by atoms with Gasteiger partial charge in [-0.15, -0.1) is 0 Å². The average molecular weight is 288 g/mol.